The van der Waals surface area contributed by atoms with E-state index in [0.717, 1.165) is 25.7 Å². The number of nitrogens with two attached hydrogens (primary N) is 2. The van der Waals surface area contributed by atoms with Gasteiger partial charge in [0.05, 0.1) is 0 Å². The number of rotatable bonds is 5. The topological polar surface area (TPSA) is 102 Å². The van der Waals surface area contributed by atoms with E-state index in [1.54, 1.807) is 0 Å². The number of nitrogens with zero attached hydrogens (tertiary/aromatic N) is 1. The SMILES string of the molecule is C[C@]12CCC(CC(=O)O)C[C@@H]1CCCC2CCN=C(N)N. The molecular formula is C16H29N3O2. The maximum absolute atomic E-state index is 10.9. The van der Waals surface area contributed by atoms with Crippen molar-refractivity contribution in [1.82, 2.24) is 0 Å². The van der Waals surface area contributed by atoms with E-state index < -0.39 is 5.97 Å². The molecule has 4 atom stereocenters. The molecule has 2 rings (SSSR count). The molecule has 0 bridgehead atoms. The molecule has 0 aliphatic heterocycles. The Morgan fingerprint density at radius 1 is 1.33 bits per heavy atom. The number of carboxylic acid groups (broad SMARTS) is 1. The van der Waals surface area contributed by atoms with Gasteiger partial charge in [-0.05, 0) is 61.7 Å². The molecule has 21 heavy (non-hydrogen) atoms. The summed E-state index contributed by atoms with van der Waals surface area (Å²) in [5.74, 6) is 1.25. The zero-order chi connectivity index (χ0) is 15.5. The molecular weight excluding hydrogens is 266 g/mol. The summed E-state index contributed by atoms with van der Waals surface area (Å²) in [6.07, 6.45) is 8.45. The number of carboxylic acids is 1. The van der Waals surface area contributed by atoms with Gasteiger partial charge in [-0.2, -0.15) is 0 Å². The van der Waals surface area contributed by atoms with Gasteiger partial charge in [0.1, 0.15) is 0 Å². The fourth-order valence-electron chi connectivity index (χ4n) is 4.69. The average Bonchev–Trinajstić information content (AvgIpc) is 2.39. The van der Waals surface area contributed by atoms with E-state index in [4.69, 9.17) is 16.6 Å². The third-order valence-electron chi connectivity index (χ3n) is 5.91. The first-order valence-corrected chi connectivity index (χ1v) is 8.19. The Kier molecular flexibility index (Phi) is 5.12. The normalized spacial score (nSPS) is 35.8. The molecule has 2 aliphatic rings. The maximum Gasteiger partial charge on any atom is 0.303 e. The number of hydrogen-bond donors (Lipinski definition) is 3. The first-order valence-electron chi connectivity index (χ1n) is 8.19. The molecule has 0 aromatic rings. The summed E-state index contributed by atoms with van der Waals surface area (Å²) in [4.78, 5) is 15.1. The zero-order valence-electron chi connectivity index (χ0n) is 13.1. The number of carbonyl (C=O) groups is 1. The lowest BCUT2D eigenvalue weighted by Gasteiger charge is -2.52. The minimum atomic E-state index is -0.649. The van der Waals surface area contributed by atoms with Crippen molar-refractivity contribution < 1.29 is 9.90 Å². The van der Waals surface area contributed by atoms with Gasteiger partial charge in [-0.15, -0.1) is 0 Å². The van der Waals surface area contributed by atoms with Crippen LogP contribution >= 0.6 is 0 Å². The van der Waals surface area contributed by atoms with Crippen molar-refractivity contribution in [1.29, 1.82) is 0 Å². The summed E-state index contributed by atoms with van der Waals surface area (Å²) in [7, 11) is 0. The molecule has 0 spiro atoms. The molecule has 0 saturated heterocycles. The molecule has 0 aromatic carbocycles. The summed E-state index contributed by atoms with van der Waals surface area (Å²) in [5.41, 5.74) is 11.2. The van der Waals surface area contributed by atoms with Crippen LogP contribution in [0.3, 0.4) is 0 Å². The minimum Gasteiger partial charge on any atom is -0.481 e. The van der Waals surface area contributed by atoms with E-state index in [1.165, 1.54) is 19.3 Å². The second kappa shape index (κ2) is 6.67. The monoisotopic (exact) mass is 295 g/mol. The van der Waals surface area contributed by atoms with Crippen LogP contribution in [0.25, 0.3) is 0 Å². The van der Waals surface area contributed by atoms with E-state index >= 15 is 0 Å². The van der Waals surface area contributed by atoms with E-state index in [9.17, 15) is 4.79 Å². The Labute approximate surface area is 127 Å². The summed E-state index contributed by atoms with van der Waals surface area (Å²) >= 11 is 0. The molecule has 0 heterocycles. The van der Waals surface area contributed by atoms with Gasteiger partial charge in [-0.1, -0.05) is 13.3 Å². The van der Waals surface area contributed by atoms with E-state index in [1.807, 2.05) is 0 Å². The molecule has 0 aromatic heterocycles. The average molecular weight is 295 g/mol. The molecule has 5 N–H and O–H groups in total. The van der Waals surface area contributed by atoms with Gasteiger partial charge in [-0.3, -0.25) is 9.79 Å². The van der Waals surface area contributed by atoms with Crippen molar-refractivity contribution in [2.45, 2.75) is 58.3 Å². The fourth-order valence-corrected chi connectivity index (χ4v) is 4.69. The molecule has 0 radical (unpaired) electrons. The van der Waals surface area contributed by atoms with Crippen molar-refractivity contribution >= 4 is 11.9 Å². The first-order chi connectivity index (χ1) is 9.91. The lowest BCUT2D eigenvalue weighted by Crippen LogP contribution is -2.43. The van der Waals surface area contributed by atoms with Gasteiger partial charge in [0.15, 0.2) is 5.96 Å². The van der Waals surface area contributed by atoms with Crippen LogP contribution in [0, 0.1) is 23.2 Å². The number of guanidine groups is 1. The van der Waals surface area contributed by atoms with Crippen molar-refractivity contribution in [2.24, 2.45) is 39.6 Å². The second-order valence-electron chi connectivity index (χ2n) is 7.16. The van der Waals surface area contributed by atoms with Crippen LogP contribution in [0.15, 0.2) is 4.99 Å². The molecule has 0 amide bonds. The Bertz CT molecular complexity index is 406. The van der Waals surface area contributed by atoms with E-state index in [0.29, 0.717) is 36.1 Å². The number of hydrogen-bond acceptors (Lipinski definition) is 2. The van der Waals surface area contributed by atoms with Gasteiger partial charge >= 0.3 is 5.97 Å². The predicted molar refractivity (Wildman–Crippen MR) is 83.8 cm³/mol. The molecule has 2 aliphatic carbocycles. The second-order valence-corrected chi connectivity index (χ2v) is 7.16. The van der Waals surface area contributed by atoms with Crippen molar-refractivity contribution in [3.63, 3.8) is 0 Å². The Morgan fingerprint density at radius 2 is 2.10 bits per heavy atom. The predicted octanol–water partition coefficient (Wildman–Crippen LogP) is 2.35. The molecule has 120 valence electrons. The lowest BCUT2D eigenvalue weighted by molar-refractivity contribution is -0.139. The summed E-state index contributed by atoms with van der Waals surface area (Å²) in [6.45, 7) is 3.13. The van der Waals surface area contributed by atoms with Crippen LogP contribution in [0.5, 0.6) is 0 Å². The molecule has 5 nitrogen and oxygen atoms in total. The van der Waals surface area contributed by atoms with Crippen LogP contribution in [0.1, 0.15) is 58.3 Å². The van der Waals surface area contributed by atoms with Gasteiger partial charge in [0.25, 0.3) is 0 Å². The smallest absolute Gasteiger partial charge is 0.303 e. The molecule has 2 fully saturated rings. The minimum absolute atomic E-state index is 0.178. The summed E-state index contributed by atoms with van der Waals surface area (Å²) in [5, 5.41) is 9.01. The Hall–Kier alpha value is -1.26. The third kappa shape index (κ3) is 3.89. The number of aliphatic carboxylic acids is 1. The Balaban J connectivity index is 1.97. The van der Waals surface area contributed by atoms with Gasteiger partial charge < -0.3 is 16.6 Å². The molecule has 2 unspecified atom stereocenters. The van der Waals surface area contributed by atoms with Crippen molar-refractivity contribution in [3.05, 3.63) is 0 Å². The summed E-state index contributed by atoms with van der Waals surface area (Å²) in [6, 6.07) is 0. The fraction of sp³-hybridized carbons (Fsp3) is 0.875. The standard InChI is InChI=1S/C16H29N3O2/c1-16-7-5-11(10-14(20)21)9-13(16)4-2-3-12(16)6-8-19-15(17)18/h11-13H,2-10H2,1H3,(H,20,21)(H4,17,18,19)/t11?,12?,13-,16+/m0/s1. The van der Waals surface area contributed by atoms with Crippen molar-refractivity contribution in [2.75, 3.05) is 6.54 Å². The number of fused-ring (bicyclic) bond motifs is 1. The van der Waals surface area contributed by atoms with Crippen LogP contribution < -0.4 is 11.5 Å². The molecule has 2 saturated carbocycles. The van der Waals surface area contributed by atoms with Crippen molar-refractivity contribution in [3.8, 4) is 0 Å². The highest BCUT2D eigenvalue weighted by Crippen LogP contribution is 2.55. The van der Waals surface area contributed by atoms with Gasteiger partial charge in [-0.25, -0.2) is 0 Å². The van der Waals surface area contributed by atoms with Crippen LogP contribution in [0.4, 0.5) is 0 Å². The quantitative estimate of drug-likeness (QED) is 0.535. The first kappa shape index (κ1) is 16.1. The maximum atomic E-state index is 10.9. The third-order valence-corrected chi connectivity index (χ3v) is 5.91. The highest BCUT2D eigenvalue weighted by Gasteiger charge is 2.46. The van der Waals surface area contributed by atoms with E-state index in [-0.39, 0.29) is 5.96 Å². The molecule has 5 heteroatoms. The highest BCUT2D eigenvalue weighted by atomic mass is 16.4. The van der Waals surface area contributed by atoms with Gasteiger partial charge in [0.2, 0.25) is 0 Å². The summed E-state index contributed by atoms with van der Waals surface area (Å²) < 4.78 is 0. The van der Waals surface area contributed by atoms with Crippen LogP contribution in [-0.4, -0.2) is 23.6 Å². The largest absolute Gasteiger partial charge is 0.481 e. The zero-order valence-corrected chi connectivity index (χ0v) is 13.1. The number of aliphatic imine (C=N–C) groups is 1. The highest BCUT2D eigenvalue weighted by molar-refractivity contribution is 5.75. The van der Waals surface area contributed by atoms with Gasteiger partial charge in [0, 0.05) is 13.0 Å². The van der Waals surface area contributed by atoms with Crippen LogP contribution in [0.2, 0.25) is 0 Å². The van der Waals surface area contributed by atoms with Crippen LogP contribution in [-0.2, 0) is 4.79 Å². The van der Waals surface area contributed by atoms with E-state index in [2.05, 4.69) is 11.9 Å². The lowest BCUT2D eigenvalue weighted by atomic mass is 9.53. The Morgan fingerprint density at radius 3 is 2.76 bits per heavy atom.